The van der Waals surface area contributed by atoms with Crippen molar-refractivity contribution in [1.29, 1.82) is 0 Å². The summed E-state index contributed by atoms with van der Waals surface area (Å²) in [6.45, 7) is 3.12. The molecule has 2 amide bonds. The van der Waals surface area contributed by atoms with E-state index in [1.54, 1.807) is 19.5 Å². The number of carbonyl (C=O) groups is 2. The van der Waals surface area contributed by atoms with Gasteiger partial charge in [-0.05, 0) is 30.5 Å². The van der Waals surface area contributed by atoms with Crippen LogP contribution in [-0.4, -0.2) is 46.4 Å². The summed E-state index contributed by atoms with van der Waals surface area (Å²) in [7, 11) is 1.63. The Bertz CT molecular complexity index is 823. The molecule has 1 aromatic carbocycles. The molecule has 1 aliphatic heterocycles. The fourth-order valence-corrected chi connectivity index (χ4v) is 3.26. The molecule has 7 heteroatoms. The predicted molar refractivity (Wildman–Crippen MR) is 105 cm³/mol. The highest BCUT2D eigenvalue weighted by Crippen LogP contribution is 2.18. The number of methoxy groups -OCH3 is 1. The zero-order valence-corrected chi connectivity index (χ0v) is 16.4. The van der Waals surface area contributed by atoms with E-state index in [0.29, 0.717) is 37.3 Å². The first-order chi connectivity index (χ1) is 13.6. The standard InChI is InChI=1S/C21H26N4O3/c1-3-19-22-12-16(13-23-19)21(27)24-17-7-8-20(26)25(10-9-17)14-15-5-4-6-18(11-15)28-2/h4-6,11-13,17H,3,7-10,14H2,1-2H3,(H,24,27). The third-order valence-electron chi connectivity index (χ3n) is 4.93. The third-order valence-corrected chi connectivity index (χ3v) is 4.93. The molecule has 1 atom stereocenters. The lowest BCUT2D eigenvalue weighted by atomic mass is 10.1. The van der Waals surface area contributed by atoms with Gasteiger partial charge in [-0.15, -0.1) is 0 Å². The van der Waals surface area contributed by atoms with Crippen LogP contribution in [0.5, 0.6) is 5.75 Å². The number of hydrogen-bond donors (Lipinski definition) is 1. The SMILES string of the molecule is CCc1ncc(C(=O)NC2CCC(=O)N(Cc3cccc(OC)c3)CC2)cn1. The van der Waals surface area contributed by atoms with E-state index in [9.17, 15) is 9.59 Å². The van der Waals surface area contributed by atoms with Crippen LogP contribution in [0.15, 0.2) is 36.7 Å². The van der Waals surface area contributed by atoms with Crippen LogP contribution >= 0.6 is 0 Å². The molecule has 7 nitrogen and oxygen atoms in total. The number of benzene rings is 1. The largest absolute Gasteiger partial charge is 0.497 e. The Balaban J connectivity index is 1.58. The average Bonchev–Trinajstić information content (AvgIpc) is 2.90. The summed E-state index contributed by atoms with van der Waals surface area (Å²) < 4.78 is 5.25. The maximum absolute atomic E-state index is 12.5. The number of hydrogen-bond acceptors (Lipinski definition) is 5. The van der Waals surface area contributed by atoms with Gasteiger partial charge in [0.2, 0.25) is 5.91 Å². The molecule has 1 unspecified atom stereocenters. The van der Waals surface area contributed by atoms with Crippen molar-refractivity contribution in [1.82, 2.24) is 20.2 Å². The van der Waals surface area contributed by atoms with Crippen molar-refractivity contribution in [2.75, 3.05) is 13.7 Å². The van der Waals surface area contributed by atoms with Crippen molar-refractivity contribution >= 4 is 11.8 Å². The second-order valence-electron chi connectivity index (χ2n) is 6.91. The van der Waals surface area contributed by atoms with Crippen molar-refractivity contribution in [2.45, 2.75) is 45.2 Å². The van der Waals surface area contributed by atoms with Crippen molar-refractivity contribution in [3.63, 3.8) is 0 Å². The number of rotatable bonds is 6. The number of aromatic nitrogens is 2. The summed E-state index contributed by atoms with van der Waals surface area (Å²) in [5, 5.41) is 3.02. The molecule has 148 valence electrons. The van der Waals surface area contributed by atoms with Crippen molar-refractivity contribution in [2.24, 2.45) is 0 Å². The van der Waals surface area contributed by atoms with Crippen LogP contribution in [-0.2, 0) is 17.8 Å². The van der Waals surface area contributed by atoms with E-state index >= 15 is 0 Å². The van der Waals surface area contributed by atoms with Crippen LogP contribution in [0.1, 0.15) is 47.9 Å². The number of amides is 2. The van der Waals surface area contributed by atoms with E-state index in [0.717, 1.165) is 24.2 Å². The molecule has 2 heterocycles. The van der Waals surface area contributed by atoms with E-state index in [1.165, 1.54) is 0 Å². The second kappa shape index (κ2) is 9.30. The summed E-state index contributed by atoms with van der Waals surface area (Å²) in [5.41, 5.74) is 1.48. The number of nitrogens with zero attached hydrogens (tertiary/aromatic N) is 3. The lowest BCUT2D eigenvalue weighted by Gasteiger charge is -2.21. The summed E-state index contributed by atoms with van der Waals surface area (Å²) in [4.78, 5) is 35.1. The number of ether oxygens (including phenoxy) is 1. The molecule has 0 saturated carbocycles. The van der Waals surface area contributed by atoms with Gasteiger partial charge in [0.15, 0.2) is 0 Å². The highest BCUT2D eigenvalue weighted by atomic mass is 16.5. The number of nitrogens with one attached hydrogen (secondary N) is 1. The summed E-state index contributed by atoms with van der Waals surface area (Å²) in [6.07, 6.45) is 5.61. The molecule has 1 saturated heterocycles. The van der Waals surface area contributed by atoms with Gasteiger partial charge >= 0.3 is 0 Å². The molecule has 0 aliphatic carbocycles. The normalized spacial score (nSPS) is 17.1. The van der Waals surface area contributed by atoms with Gasteiger partial charge in [-0.25, -0.2) is 9.97 Å². The second-order valence-corrected chi connectivity index (χ2v) is 6.91. The number of aryl methyl sites for hydroxylation is 1. The van der Waals surface area contributed by atoms with Gasteiger partial charge in [0.1, 0.15) is 11.6 Å². The fraction of sp³-hybridized carbons (Fsp3) is 0.429. The predicted octanol–water partition coefficient (Wildman–Crippen LogP) is 2.36. The maximum Gasteiger partial charge on any atom is 0.254 e. The van der Waals surface area contributed by atoms with Crippen molar-refractivity contribution in [3.05, 3.63) is 53.6 Å². The molecule has 1 aromatic heterocycles. The minimum absolute atomic E-state index is 0.0439. The van der Waals surface area contributed by atoms with Crippen LogP contribution in [0, 0.1) is 0 Å². The van der Waals surface area contributed by atoms with Crippen molar-refractivity contribution in [3.8, 4) is 5.75 Å². The Labute approximate surface area is 165 Å². The summed E-state index contributed by atoms with van der Waals surface area (Å²) in [6, 6.07) is 7.69. The van der Waals surface area contributed by atoms with Crippen LogP contribution in [0.25, 0.3) is 0 Å². The van der Waals surface area contributed by atoms with Gasteiger partial charge in [-0.2, -0.15) is 0 Å². The molecule has 1 N–H and O–H groups in total. The topological polar surface area (TPSA) is 84.4 Å². The first-order valence-electron chi connectivity index (χ1n) is 9.61. The third kappa shape index (κ3) is 5.06. The Morgan fingerprint density at radius 3 is 2.79 bits per heavy atom. The van der Waals surface area contributed by atoms with E-state index < -0.39 is 0 Å². The van der Waals surface area contributed by atoms with Crippen LogP contribution in [0.2, 0.25) is 0 Å². The molecule has 0 radical (unpaired) electrons. The number of likely N-dealkylation sites (tertiary alicyclic amines) is 1. The lowest BCUT2D eigenvalue weighted by Crippen LogP contribution is -2.36. The van der Waals surface area contributed by atoms with Crippen LogP contribution in [0.3, 0.4) is 0 Å². The van der Waals surface area contributed by atoms with Gasteiger partial charge in [0, 0.05) is 44.4 Å². The molecular weight excluding hydrogens is 356 g/mol. The summed E-state index contributed by atoms with van der Waals surface area (Å²) >= 11 is 0. The first kappa shape index (κ1) is 19.8. The fourth-order valence-electron chi connectivity index (χ4n) is 3.26. The van der Waals surface area contributed by atoms with E-state index in [1.807, 2.05) is 36.1 Å². The van der Waals surface area contributed by atoms with Gasteiger partial charge in [-0.1, -0.05) is 19.1 Å². The van der Waals surface area contributed by atoms with Crippen LogP contribution in [0.4, 0.5) is 0 Å². The smallest absolute Gasteiger partial charge is 0.254 e. The zero-order chi connectivity index (χ0) is 19.9. The van der Waals surface area contributed by atoms with Crippen molar-refractivity contribution < 1.29 is 14.3 Å². The maximum atomic E-state index is 12.5. The molecule has 1 fully saturated rings. The van der Waals surface area contributed by atoms with E-state index in [-0.39, 0.29) is 17.9 Å². The Kier molecular flexibility index (Phi) is 6.57. The molecule has 28 heavy (non-hydrogen) atoms. The quantitative estimate of drug-likeness (QED) is 0.829. The summed E-state index contributed by atoms with van der Waals surface area (Å²) in [5.74, 6) is 1.41. The monoisotopic (exact) mass is 382 g/mol. The molecule has 1 aliphatic rings. The lowest BCUT2D eigenvalue weighted by molar-refractivity contribution is -0.131. The zero-order valence-electron chi connectivity index (χ0n) is 16.4. The van der Waals surface area contributed by atoms with Gasteiger partial charge in [0.25, 0.3) is 5.91 Å². The molecule has 2 aromatic rings. The highest BCUT2D eigenvalue weighted by molar-refractivity contribution is 5.93. The van der Waals surface area contributed by atoms with Gasteiger partial charge in [-0.3, -0.25) is 9.59 Å². The average molecular weight is 382 g/mol. The molecule has 0 bridgehead atoms. The highest BCUT2D eigenvalue weighted by Gasteiger charge is 2.24. The Morgan fingerprint density at radius 1 is 1.29 bits per heavy atom. The Morgan fingerprint density at radius 2 is 2.07 bits per heavy atom. The minimum Gasteiger partial charge on any atom is -0.497 e. The van der Waals surface area contributed by atoms with Gasteiger partial charge < -0.3 is 15.0 Å². The molecular formula is C21H26N4O3. The van der Waals surface area contributed by atoms with E-state index in [2.05, 4.69) is 15.3 Å². The van der Waals surface area contributed by atoms with Gasteiger partial charge in [0.05, 0.1) is 12.7 Å². The molecule has 0 spiro atoms. The molecule has 3 rings (SSSR count). The number of carbonyl (C=O) groups excluding carboxylic acids is 2. The first-order valence-corrected chi connectivity index (χ1v) is 9.61. The Hall–Kier alpha value is -2.96. The minimum atomic E-state index is -0.193. The van der Waals surface area contributed by atoms with E-state index in [4.69, 9.17) is 4.74 Å². The van der Waals surface area contributed by atoms with Crippen LogP contribution < -0.4 is 10.1 Å².